The lowest BCUT2D eigenvalue weighted by Crippen LogP contribution is -2.10. The maximum absolute atomic E-state index is 9.04. The zero-order chi connectivity index (χ0) is 15.6. The van der Waals surface area contributed by atoms with Gasteiger partial charge in [-0.1, -0.05) is 64.0 Å². The molecule has 0 radical (unpaired) electrons. The number of aliphatic hydroxyl groups is 1. The third-order valence-corrected chi connectivity index (χ3v) is 3.66. The molecule has 0 aliphatic carbocycles. The first-order chi connectivity index (χ1) is 10.3. The quantitative estimate of drug-likeness (QED) is 0.295. The summed E-state index contributed by atoms with van der Waals surface area (Å²) >= 11 is 0. The first-order valence-corrected chi connectivity index (χ1v) is 9.18. The number of ether oxygens (including phenoxy) is 1. The SMILES string of the molecule is CCCCCC/C=C/CCCCCCCCOCC(C)O. The molecule has 126 valence electrons. The molecule has 2 nitrogen and oxygen atoms in total. The predicted octanol–water partition coefficient (Wildman–Crippen LogP) is 5.64. The van der Waals surface area contributed by atoms with E-state index in [4.69, 9.17) is 9.84 Å². The fraction of sp³-hybridized carbons (Fsp3) is 0.895. The fourth-order valence-electron chi connectivity index (χ4n) is 2.35. The zero-order valence-electron chi connectivity index (χ0n) is 14.5. The van der Waals surface area contributed by atoms with Crippen LogP contribution in [0.15, 0.2) is 12.2 Å². The van der Waals surface area contributed by atoms with Crippen LogP contribution in [0.25, 0.3) is 0 Å². The highest BCUT2D eigenvalue weighted by molar-refractivity contribution is 4.81. The third kappa shape index (κ3) is 19.7. The highest BCUT2D eigenvalue weighted by Gasteiger charge is 1.95. The van der Waals surface area contributed by atoms with Crippen molar-refractivity contribution in [3.8, 4) is 0 Å². The van der Waals surface area contributed by atoms with E-state index < -0.39 is 0 Å². The lowest BCUT2D eigenvalue weighted by Gasteiger charge is -2.05. The van der Waals surface area contributed by atoms with Crippen molar-refractivity contribution in [2.45, 2.75) is 97.0 Å². The lowest BCUT2D eigenvalue weighted by atomic mass is 10.1. The van der Waals surface area contributed by atoms with Crippen molar-refractivity contribution in [3.05, 3.63) is 12.2 Å². The summed E-state index contributed by atoms with van der Waals surface area (Å²) in [6, 6.07) is 0. The molecule has 0 aromatic carbocycles. The molecule has 0 spiro atoms. The normalized spacial score (nSPS) is 13.1. The Morgan fingerprint density at radius 2 is 1.33 bits per heavy atom. The molecular weight excluding hydrogens is 260 g/mol. The molecule has 0 amide bonds. The van der Waals surface area contributed by atoms with Gasteiger partial charge in [-0.3, -0.25) is 0 Å². The summed E-state index contributed by atoms with van der Waals surface area (Å²) in [5, 5.41) is 9.04. The van der Waals surface area contributed by atoms with Crippen molar-refractivity contribution < 1.29 is 9.84 Å². The van der Waals surface area contributed by atoms with Gasteiger partial charge in [0.2, 0.25) is 0 Å². The number of hydrogen-bond donors (Lipinski definition) is 1. The minimum atomic E-state index is -0.329. The van der Waals surface area contributed by atoms with Crippen molar-refractivity contribution in [3.63, 3.8) is 0 Å². The number of rotatable bonds is 16. The standard InChI is InChI=1S/C19H38O2/c1-3-4-5-6-7-8-9-10-11-12-13-14-15-16-17-21-18-19(2)20/h8-9,19-20H,3-7,10-18H2,1-2H3/b9-8+. The van der Waals surface area contributed by atoms with Gasteiger partial charge in [0.1, 0.15) is 0 Å². The van der Waals surface area contributed by atoms with Crippen LogP contribution in [-0.4, -0.2) is 24.4 Å². The van der Waals surface area contributed by atoms with Gasteiger partial charge in [0.05, 0.1) is 12.7 Å². The summed E-state index contributed by atoms with van der Waals surface area (Å²) in [5.74, 6) is 0. The average molecular weight is 299 g/mol. The molecule has 2 heteroatoms. The van der Waals surface area contributed by atoms with Crippen molar-refractivity contribution in [1.29, 1.82) is 0 Å². The van der Waals surface area contributed by atoms with E-state index in [0.29, 0.717) is 6.61 Å². The predicted molar refractivity (Wildman–Crippen MR) is 92.7 cm³/mol. The molecule has 0 heterocycles. The van der Waals surface area contributed by atoms with Crippen molar-refractivity contribution in [1.82, 2.24) is 0 Å². The van der Waals surface area contributed by atoms with Gasteiger partial charge in [0.25, 0.3) is 0 Å². The molecule has 1 atom stereocenters. The largest absolute Gasteiger partial charge is 0.391 e. The third-order valence-electron chi connectivity index (χ3n) is 3.66. The summed E-state index contributed by atoms with van der Waals surface area (Å²) in [5.41, 5.74) is 0. The topological polar surface area (TPSA) is 29.5 Å². The van der Waals surface area contributed by atoms with Gasteiger partial charge in [-0.2, -0.15) is 0 Å². The maximum atomic E-state index is 9.04. The van der Waals surface area contributed by atoms with Gasteiger partial charge in [-0.05, 0) is 39.0 Å². The Hall–Kier alpha value is -0.340. The van der Waals surface area contributed by atoms with Gasteiger partial charge in [-0.15, -0.1) is 0 Å². The van der Waals surface area contributed by atoms with Crippen LogP contribution in [-0.2, 0) is 4.74 Å². The van der Waals surface area contributed by atoms with E-state index in [1.165, 1.54) is 70.6 Å². The van der Waals surface area contributed by atoms with Crippen molar-refractivity contribution >= 4 is 0 Å². The molecule has 21 heavy (non-hydrogen) atoms. The second-order valence-electron chi connectivity index (χ2n) is 6.15. The van der Waals surface area contributed by atoms with Gasteiger partial charge >= 0.3 is 0 Å². The first kappa shape index (κ1) is 20.7. The van der Waals surface area contributed by atoms with E-state index in [-0.39, 0.29) is 6.10 Å². The number of hydrogen-bond acceptors (Lipinski definition) is 2. The molecule has 0 aliphatic heterocycles. The summed E-state index contributed by atoms with van der Waals surface area (Å²) in [4.78, 5) is 0. The molecule has 0 rings (SSSR count). The van der Waals surface area contributed by atoms with Gasteiger partial charge in [-0.25, -0.2) is 0 Å². The zero-order valence-corrected chi connectivity index (χ0v) is 14.5. The number of unbranched alkanes of at least 4 members (excludes halogenated alkanes) is 10. The van der Waals surface area contributed by atoms with Crippen molar-refractivity contribution in [2.75, 3.05) is 13.2 Å². The highest BCUT2D eigenvalue weighted by atomic mass is 16.5. The highest BCUT2D eigenvalue weighted by Crippen LogP contribution is 2.09. The van der Waals surface area contributed by atoms with E-state index >= 15 is 0 Å². The van der Waals surface area contributed by atoms with E-state index in [1.54, 1.807) is 6.92 Å². The van der Waals surface area contributed by atoms with Crippen molar-refractivity contribution in [2.24, 2.45) is 0 Å². The molecule has 0 aromatic rings. The van der Waals surface area contributed by atoms with E-state index in [2.05, 4.69) is 19.1 Å². The van der Waals surface area contributed by atoms with Crippen LogP contribution in [0.1, 0.15) is 90.9 Å². The van der Waals surface area contributed by atoms with E-state index in [9.17, 15) is 0 Å². The molecule has 1 N–H and O–H groups in total. The maximum Gasteiger partial charge on any atom is 0.0745 e. The molecule has 1 unspecified atom stereocenters. The minimum absolute atomic E-state index is 0.329. The van der Waals surface area contributed by atoms with E-state index in [1.807, 2.05) is 0 Å². The molecular formula is C19H38O2. The van der Waals surface area contributed by atoms with E-state index in [0.717, 1.165) is 13.0 Å². The van der Waals surface area contributed by atoms with Crippen LogP contribution >= 0.6 is 0 Å². The molecule has 0 saturated carbocycles. The van der Waals surface area contributed by atoms with Crippen LogP contribution in [0.5, 0.6) is 0 Å². The van der Waals surface area contributed by atoms with Crippen LogP contribution in [0, 0.1) is 0 Å². The smallest absolute Gasteiger partial charge is 0.0745 e. The average Bonchev–Trinajstić information content (AvgIpc) is 2.46. The lowest BCUT2D eigenvalue weighted by molar-refractivity contribution is 0.0445. The Kier molecular flexibility index (Phi) is 17.4. The molecule has 0 fully saturated rings. The van der Waals surface area contributed by atoms with Crippen LogP contribution in [0.4, 0.5) is 0 Å². The Bertz CT molecular complexity index is 212. The van der Waals surface area contributed by atoms with Crippen LogP contribution in [0.2, 0.25) is 0 Å². The summed E-state index contributed by atoms with van der Waals surface area (Å²) in [7, 11) is 0. The van der Waals surface area contributed by atoms with Gasteiger partial charge in [0, 0.05) is 6.61 Å². The van der Waals surface area contributed by atoms with Gasteiger partial charge < -0.3 is 9.84 Å². The van der Waals surface area contributed by atoms with Crippen LogP contribution in [0.3, 0.4) is 0 Å². The monoisotopic (exact) mass is 298 g/mol. The summed E-state index contributed by atoms with van der Waals surface area (Å²) in [6.45, 7) is 5.30. The minimum Gasteiger partial charge on any atom is -0.391 e. The molecule has 0 bridgehead atoms. The molecule has 0 saturated heterocycles. The Morgan fingerprint density at radius 1 is 0.810 bits per heavy atom. The second kappa shape index (κ2) is 17.7. The molecule has 0 aromatic heterocycles. The Balaban J connectivity index is 3.03. The Labute approximate surface area is 133 Å². The second-order valence-corrected chi connectivity index (χ2v) is 6.15. The first-order valence-electron chi connectivity index (χ1n) is 9.18. The fourth-order valence-corrected chi connectivity index (χ4v) is 2.35. The summed E-state index contributed by atoms with van der Waals surface area (Å²) < 4.78 is 5.34. The number of allylic oxidation sites excluding steroid dienone is 2. The Morgan fingerprint density at radius 3 is 1.90 bits per heavy atom. The van der Waals surface area contributed by atoms with Crippen LogP contribution < -0.4 is 0 Å². The molecule has 0 aliphatic rings. The number of aliphatic hydroxyl groups excluding tert-OH is 1. The summed E-state index contributed by atoms with van der Waals surface area (Å²) in [6.07, 6.45) is 20.2. The van der Waals surface area contributed by atoms with Gasteiger partial charge in [0.15, 0.2) is 0 Å².